The zero-order chi connectivity index (χ0) is 14.8. The first kappa shape index (κ1) is 14.1. The second-order valence-corrected chi connectivity index (χ2v) is 6.26. The molecule has 0 aliphatic rings. The van der Waals surface area contributed by atoms with E-state index in [1.54, 1.807) is 23.5 Å². The van der Waals surface area contributed by atoms with Crippen LogP contribution in [0.15, 0.2) is 52.3 Å². The van der Waals surface area contributed by atoms with Crippen LogP contribution in [0.2, 0.25) is 0 Å². The summed E-state index contributed by atoms with van der Waals surface area (Å²) in [7, 11) is 0. The van der Waals surface area contributed by atoms with Crippen molar-refractivity contribution >= 4 is 43.3 Å². The van der Waals surface area contributed by atoms with Gasteiger partial charge in [0.25, 0.3) is 0 Å². The van der Waals surface area contributed by atoms with Crippen molar-refractivity contribution in [3.63, 3.8) is 0 Å². The fourth-order valence-electron chi connectivity index (χ4n) is 2.06. The number of aromatic carboxylic acids is 1. The molecule has 0 bridgehead atoms. The number of carboxylic acids is 1. The molecule has 0 fully saturated rings. The summed E-state index contributed by atoms with van der Waals surface area (Å²) < 4.78 is 7.49. The van der Waals surface area contributed by atoms with Gasteiger partial charge in [-0.15, -0.1) is 11.3 Å². The van der Waals surface area contributed by atoms with Crippen molar-refractivity contribution in [2.75, 3.05) is 0 Å². The van der Waals surface area contributed by atoms with Crippen LogP contribution < -0.4 is 4.74 Å². The van der Waals surface area contributed by atoms with Crippen LogP contribution in [0.1, 0.15) is 15.9 Å². The third-order valence-corrected chi connectivity index (χ3v) is 4.83. The maximum Gasteiger partial charge on any atom is 0.336 e. The van der Waals surface area contributed by atoms with Gasteiger partial charge in [-0.2, -0.15) is 0 Å². The van der Waals surface area contributed by atoms with Crippen LogP contribution >= 0.6 is 27.3 Å². The van der Waals surface area contributed by atoms with Crippen LogP contribution in [0.4, 0.5) is 0 Å². The highest BCUT2D eigenvalue weighted by Gasteiger charge is 2.10. The van der Waals surface area contributed by atoms with E-state index >= 15 is 0 Å². The highest BCUT2D eigenvalue weighted by molar-refractivity contribution is 9.10. The SMILES string of the molecule is O=C(O)c1cc(OCc2csc3ccccc23)ccc1Br. The van der Waals surface area contributed by atoms with Crippen molar-refractivity contribution in [2.45, 2.75) is 6.61 Å². The molecule has 0 spiro atoms. The van der Waals surface area contributed by atoms with E-state index in [9.17, 15) is 4.79 Å². The minimum Gasteiger partial charge on any atom is -0.489 e. The third-order valence-electron chi connectivity index (χ3n) is 3.12. The Hall–Kier alpha value is -1.85. The molecule has 0 unspecified atom stereocenters. The number of ether oxygens (including phenoxy) is 1. The van der Waals surface area contributed by atoms with Gasteiger partial charge < -0.3 is 9.84 Å². The summed E-state index contributed by atoms with van der Waals surface area (Å²) in [6, 6.07) is 13.1. The van der Waals surface area contributed by atoms with Gasteiger partial charge in [0, 0.05) is 14.7 Å². The smallest absolute Gasteiger partial charge is 0.336 e. The number of hydrogen-bond donors (Lipinski definition) is 1. The van der Waals surface area contributed by atoms with E-state index in [2.05, 4.69) is 33.4 Å². The number of benzene rings is 2. The van der Waals surface area contributed by atoms with Gasteiger partial charge in [0.15, 0.2) is 0 Å². The zero-order valence-electron chi connectivity index (χ0n) is 10.9. The van der Waals surface area contributed by atoms with Crippen molar-refractivity contribution in [3.05, 3.63) is 63.4 Å². The fraction of sp³-hybridized carbons (Fsp3) is 0.0625. The number of hydrogen-bond acceptors (Lipinski definition) is 3. The molecule has 1 heterocycles. The summed E-state index contributed by atoms with van der Waals surface area (Å²) in [4.78, 5) is 11.1. The Bertz CT molecular complexity index is 810. The Balaban J connectivity index is 1.82. The standard InChI is InChI=1S/C16H11BrO3S/c17-14-6-5-11(7-13(14)16(18)19)20-8-10-9-21-15-4-2-1-3-12(10)15/h1-7,9H,8H2,(H,18,19). The number of rotatable bonds is 4. The number of carboxylic acid groups (broad SMARTS) is 1. The summed E-state index contributed by atoms with van der Waals surface area (Å²) in [6.45, 7) is 0.421. The van der Waals surface area contributed by atoms with E-state index in [0.717, 1.165) is 5.56 Å². The molecule has 0 aliphatic carbocycles. The molecule has 0 amide bonds. The molecule has 1 N–H and O–H groups in total. The van der Waals surface area contributed by atoms with E-state index in [1.807, 2.05) is 12.1 Å². The lowest BCUT2D eigenvalue weighted by molar-refractivity contribution is 0.0695. The van der Waals surface area contributed by atoms with Gasteiger partial charge in [0.2, 0.25) is 0 Å². The van der Waals surface area contributed by atoms with Crippen LogP contribution in [0.5, 0.6) is 5.75 Å². The largest absolute Gasteiger partial charge is 0.489 e. The average molecular weight is 363 g/mol. The summed E-state index contributed by atoms with van der Waals surface area (Å²) in [5.41, 5.74) is 1.30. The second-order valence-electron chi connectivity index (χ2n) is 4.49. The molecule has 5 heteroatoms. The van der Waals surface area contributed by atoms with Gasteiger partial charge >= 0.3 is 5.97 Å². The van der Waals surface area contributed by atoms with Crippen molar-refractivity contribution in [1.29, 1.82) is 0 Å². The lowest BCUT2D eigenvalue weighted by Gasteiger charge is -2.07. The Labute approximate surface area is 133 Å². The molecular formula is C16H11BrO3S. The molecule has 106 valence electrons. The Kier molecular flexibility index (Phi) is 3.94. The third kappa shape index (κ3) is 2.94. The normalized spacial score (nSPS) is 10.7. The van der Waals surface area contributed by atoms with Crippen molar-refractivity contribution < 1.29 is 14.6 Å². The maximum atomic E-state index is 11.1. The number of halogens is 1. The first-order valence-corrected chi connectivity index (χ1v) is 7.93. The Morgan fingerprint density at radius 1 is 1.24 bits per heavy atom. The van der Waals surface area contributed by atoms with Crippen LogP contribution in [-0.4, -0.2) is 11.1 Å². The molecule has 0 aliphatic heterocycles. The van der Waals surface area contributed by atoms with E-state index in [-0.39, 0.29) is 5.56 Å². The van der Waals surface area contributed by atoms with E-state index in [1.165, 1.54) is 16.2 Å². The molecule has 1 aromatic heterocycles. The Morgan fingerprint density at radius 3 is 2.86 bits per heavy atom. The highest BCUT2D eigenvalue weighted by atomic mass is 79.9. The van der Waals surface area contributed by atoms with Crippen LogP contribution in [0, 0.1) is 0 Å². The highest BCUT2D eigenvalue weighted by Crippen LogP contribution is 2.28. The van der Waals surface area contributed by atoms with Crippen LogP contribution in [0.3, 0.4) is 0 Å². The molecule has 2 aromatic carbocycles. The van der Waals surface area contributed by atoms with Gasteiger partial charge in [-0.1, -0.05) is 18.2 Å². The number of thiophene rings is 1. The molecular weight excluding hydrogens is 352 g/mol. The van der Waals surface area contributed by atoms with Crippen LogP contribution in [-0.2, 0) is 6.61 Å². The van der Waals surface area contributed by atoms with Crippen molar-refractivity contribution in [1.82, 2.24) is 0 Å². The molecule has 0 saturated heterocycles. The number of carbonyl (C=O) groups is 1. The first-order valence-electron chi connectivity index (χ1n) is 6.26. The molecule has 21 heavy (non-hydrogen) atoms. The quantitative estimate of drug-likeness (QED) is 0.714. The van der Waals surface area contributed by atoms with E-state index in [0.29, 0.717) is 16.8 Å². The van der Waals surface area contributed by atoms with Gasteiger partial charge in [-0.05, 0) is 51.0 Å². The average Bonchev–Trinajstić information content (AvgIpc) is 2.89. The van der Waals surface area contributed by atoms with Crippen LogP contribution in [0.25, 0.3) is 10.1 Å². The topological polar surface area (TPSA) is 46.5 Å². The summed E-state index contributed by atoms with van der Waals surface area (Å²) in [6.07, 6.45) is 0. The van der Waals surface area contributed by atoms with E-state index in [4.69, 9.17) is 9.84 Å². The lowest BCUT2D eigenvalue weighted by Crippen LogP contribution is -2.00. The second kappa shape index (κ2) is 5.87. The molecule has 3 aromatic rings. The van der Waals surface area contributed by atoms with Gasteiger partial charge in [-0.25, -0.2) is 4.79 Å². The summed E-state index contributed by atoms with van der Waals surface area (Å²) in [5.74, 6) is -0.431. The zero-order valence-corrected chi connectivity index (χ0v) is 13.3. The predicted octanol–water partition coefficient (Wildman–Crippen LogP) is 4.94. The molecule has 0 saturated carbocycles. The minimum absolute atomic E-state index is 0.197. The molecule has 3 nitrogen and oxygen atoms in total. The van der Waals surface area contributed by atoms with Crippen molar-refractivity contribution in [2.24, 2.45) is 0 Å². The van der Waals surface area contributed by atoms with Gasteiger partial charge in [0.1, 0.15) is 12.4 Å². The summed E-state index contributed by atoms with van der Waals surface area (Å²) in [5, 5.41) is 12.3. The molecule has 3 rings (SSSR count). The van der Waals surface area contributed by atoms with Crippen molar-refractivity contribution in [3.8, 4) is 5.75 Å². The van der Waals surface area contributed by atoms with Gasteiger partial charge in [-0.3, -0.25) is 0 Å². The Morgan fingerprint density at radius 2 is 2.05 bits per heavy atom. The fourth-order valence-corrected chi connectivity index (χ4v) is 3.43. The maximum absolute atomic E-state index is 11.1. The lowest BCUT2D eigenvalue weighted by atomic mass is 10.2. The number of fused-ring (bicyclic) bond motifs is 1. The van der Waals surface area contributed by atoms with E-state index < -0.39 is 5.97 Å². The predicted molar refractivity (Wildman–Crippen MR) is 87.3 cm³/mol. The first-order chi connectivity index (χ1) is 10.1. The van der Waals surface area contributed by atoms with Gasteiger partial charge in [0.05, 0.1) is 5.56 Å². The minimum atomic E-state index is -0.978. The summed E-state index contributed by atoms with van der Waals surface area (Å²) >= 11 is 4.90. The molecule has 0 radical (unpaired) electrons. The molecule has 0 atom stereocenters. The monoisotopic (exact) mass is 362 g/mol.